The van der Waals surface area contributed by atoms with Gasteiger partial charge in [0, 0.05) is 31.4 Å². The van der Waals surface area contributed by atoms with Gasteiger partial charge in [0.2, 0.25) is 5.91 Å². The van der Waals surface area contributed by atoms with E-state index < -0.39 is 0 Å². The fourth-order valence-electron chi connectivity index (χ4n) is 3.33. The van der Waals surface area contributed by atoms with E-state index in [1.165, 1.54) is 6.26 Å². The van der Waals surface area contributed by atoms with E-state index in [-0.39, 0.29) is 17.7 Å². The largest absolute Gasteiger partial charge is 0.459 e. The number of nitrogens with one attached hydrogen (secondary N) is 1. The summed E-state index contributed by atoms with van der Waals surface area (Å²) in [7, 11) is 0. The predicted molar refractivity (Wildman–Crippen MR) is 99.5 cm³/mol. The topological polar surface area (TPSA) is 80.4 Å². The number of amides is 2. The van der Waals surface area contributed by atoms with E-state index >= 15 is 0 Å². The lowest BCUT2D eigenvalue weighted by Gasteiger charge is -2.30. The Morgan fingerprint density at radius 1 is 1.07 bits per heavy atom. The van der Waals surface area contributed by atoms with Gasteiger partial charge in [0.25, 0.3) is 5.91 Å². The molecule has 1 fully saturated rings. The highest BCUT2D eigenvalue weighted by molar-refractivity contribution is 5.95. The number of rotatable bonds is 4. The molecule has 7 heteroatoms. The number of para-hydroxylation sites is 2. The molecule has 1 aliphatic rings. The second-order valence-electron chi connectivity index (χ2n) is 6.50. The molecule has 0 spiro atoms. The van der Waals surface area contributed by atoms with Gasteiger partial charge in [-0.1, -0.05) is 12.1 Å². The molecule has 27 heavy (non-hydrogen) atoms. The lowest BCUT2D eigenvalue weighted by atomic mass is 9.95. The third-order valence-corrected chi connectivity index (χ3v) is 4.80. The van der Waals surface area contributed by atoms with Gasteiger partial charge >= 0.3 is 0 Å². The van der Waals surface area contributed by atoms with Crippen LogP contribution < -0.4 is 5.32 Å². The molecule has 3 heterocycles. The first kappa shape index (κ1) is 17.1. The van der Waals surface area contributed by atoms with Crippen LogP contribution in [0.1, 0.15) is 23.4 Å². The maximum Gasteiger partial charge on any atom is 0.289 e. The van der Waals surface area contributed by atoms with Crippen LogP contribution >= 0.6 is 0 Å². The minimum atomic E-state index is -0.128. The highest BCUT2D eigenvalue weighted by Crippen LogP contribution is 2.24. The van der Waals surface area contributed by atoms with Gasteiger partial charge in [-0.05, 0) is 43.2 Å². The number of hydrogen-bond donors (Lipinski definition) is 1. The average molecular weight is 364 g/mol. The molecule has 1 aliphatic heterocycles. The first-order valence-electron chi connectivity index (χ1n) is 8.95. The molecule has 1 N–H and O–H groups in total. The molecule has 2 amide bonds. The summed E-state index contributed by atoms with van der Waals surface area (Å²) in [4.78, 5) is 26.8. The van der Waals surface area contributed by atoms with Gasteiger partial charge in [-0.2, -0.15) is 5.10 Å². The number of hydrogen-bond acceptors (Lipinski definition) is 4. The maximum atomic E-state index is 12.7. The number of nitrogens with zero attached hydrogens (tertiary/aromatic N) is 3. The van der Waals surface area contributed by atoms with Crippen LogP contribution in [0.25, 0.3) is 5.69 Å². The maximum absolute atomic E-state index is 12.7. The molecule has 0 radical (unpaired) electrons. The second-order valence-corrected chi connectivity index (χ2v) is 6.50. The predicted octanol–water partition coefficient (Wildman–Crippen LogP) is 2.96. The summed E-state index contributed by atoms with van der Waals surface area (Å²) in [6.45, 7) is 1.08. The SMILES string of the molecule is O=C(Nc1ccccc1-n1cccn1)C1CCN(C(=O)c2ccco2)CC1. The van der Waals surface area contributed by atoms with Gasteiger partial charge in [-0.3, -0.25) is 9.59 Å². The van der Waals surface area contributed by atoms with E-state index in [4.69, 9.17) is 4.42 Å². The van der Waals surface area contributed by atoms with Crippen molar-refractivity contribution in [2.24, 2.45) is 5.92 Å². The summed E-state index contributed by atoms with van der Waals surface area (Å²) in [5, 5.41) is 7.25. The van der Waals surface area contributed by atoms with Crippen molar-refractivity contribution in [3.05, 3.63) is 66.9 Å². The summed E-state index contributed by atoms with van der Waals surface area (Å²) >= 11 is 0. The van der Waals surface area contributed by atoms with Crippen molar-refractivity contribution in [3.63, 3.8) is 0 Å². The van der Waals surface area contributed by atoms with Crippen molar-refractivity contribution in [2.45, 2.75) is 12.8 Å². The van der Waals surface area contributed by atoms with Crippen molar-refractivity contribution >= 4 is 17.5 Å². The molecule has 0 bridgehead atoms. The zero-order chi connectivity index (χ0) is 18.6. The van der Waals surface area contributed by atoms with Gasteiger partial charge in [-0.25, -0.2) is 4.68 Å². The van der Waals surface area contributed by atoms with Crippen LogP contribution in [0.3, 0.4) is 0 Å². The van der Waals surface area contributed by atoms with E-state index in [0.29, 0.717) is 31.7 Å². The van der Waals surface area contributed by atoms with Crippen molar-refractivity contribution in [1.29, 1.82) is 0 Å². The smallest absolute Gasteiger partial charge is 0.289 e. The molecule has 1 aromatic carbocycles. The molecule has 0 unspecified atom stereocenters. The van der Waals surface area contributed by atoms with E-state index in [0.717, 1.165) is 11.4 Å². The number of benzene rings is 1. The molecule has 7 nitrogen and oxygen atoms in total. The van der Waals surface area contributed by atoms with E-state index in [1.807, 2.05) is 36.5 Å². The van der Waals surface area contributed by atoms with Gasteiger partial charge in [0.05, 0.1) is 17.6 Å². The minimum Gasteiger partial charge on any atom is -0.459 e. The molecule has 0 aliphatic carbocycles. The standard InChI is InChI=1S/C20H20N4O3/c25-19(22-16-5-1-2-6-17(16)24-11-4-10-21-24)15-8-12-23(13-9-15)20(26)18-7-3-14-27-18/h1-7,10-11,14-15H,8-9,12-13H2,(H,22,25). The van der Waals surface area contributed by atoms with E-state index in [1.54, 1.807) is 27.9 Å². The van der Waals surface area contributed by atoms with Crippen LogP contribution in [0.5, 0.6) is 0 Å². The molecule has 2 aromatic heterocycles. The van der Waals surface area contributed by atoms with Crippen molar-refractivity contribution < 1.29 is 14.0 Å². The monoisotopic (exact) mass is 364 g/mol. The number of carbonyl (C=O) groups is 2. The Hall–Kier alpha value is -3.35. The zero-order valence-corrected chi connectivity index (χ0v) is 14.7. The number of anilines is 1. The molecule has 3 aromatic rings. The first-order chi connectivity index (χ1) is 13.2. The Balaban J connectivity index is 1.39. The Labute approximate surface area is 156 Å². The fraction of sp³-hybridized carbons (Fsp3) is 0.250. The van der Waals surface area contributed by atoms with Crippen LogP contribution in [0, 0.1) is 5.92 Å². The quantitative estimate of drug-likeness (QED) is 0.772. The van der Waals surface area contributed by atoms with Gasteiger partial charge in [0.15, 0.2) is 5.76 Å². The van der Waals surface area contributed by atoms with Crippen molar-refractivity contribution in [2.75, 3.05) is 18.4 Å². The molecular weight excluding hydrogens is 344 g/mol. The number of piperidine rings is 1. The van der Waals surface area contributed by atoms with Crippen LogP contribution in [0.4, 0.5) is 5.69 Å². The number of carbonyl (C=O) groups excluding carboxylic acids is 2. The zero-order valence-electron chi connectivity index (χ0n) is 14.7. The number of furan rings is 1. The third-order valence-electron chi connectivity index (χ3n) is 4.80. The summed E-state index contributed by atoms with van der Waals surface area (Å²) < 4.78 is 6.89. The lowest BCUT2D eigenvalue weighted by Crippen LogP contribution is -2.41. The summed E-state index contributed by atoms with van der Waals surface area (Å²) in [6, 6.07) is 12.8. The molecule has 0 atom stereocenters. The molecular formula is C20H20N4O3. The third kappa shape index (κ3) is 3.62. The summed E-state index contributed by atoms with van der Waals surface area (Å²) in [6.07, 6.45) is 6.28. The van der Waals surface area contributed by atoms with Gasteiger partial charge in [-0.15, -0.1) is 0 Å². The van der Waals surface area contributed by atoms with Crippen LogP contribution in [0.15, 0.2) is 65.5 Å². The molecule has 4 rings (SSSR count). The van der Waals surface area contributed by atoms with Crippen LogP contribution in [-0.4, -0.2) is 39.6 Å². The highest BCUT2D eigenvalue weighted by atomic mass is 16.3. The van der Waals surface area contributed by atoms with E-state index in [2.05, 4.69) is 10.4 Å². The average Bonchev–Trinajstić information content (AvgIpc) is 3.42. The van der Waals surface area contributed by atoms with Gasteiger partial charge < -0.3 is 14.6 Å². The fourth-order valence-corrected chi connectivity index (χ4v) is 3.33. The normalized spacial score (nSPS) is 14.9. The van der Waals surface area contributed by atoms with Crippen LogP contribution in [-0.2, 0) is 4.79 Å². The van der Waals surface area contributed by atoms with Crippen molar-refractivity contribution in [3.8, 4) is 5.69 Å². The Bertz CT molecular complexity index is 911. The lowest BCUT2D eigenvalue weighted by molar-refractivity contribution is -0.121. The molecule has 0 saturated carbocycles. The Morgan fingerprint density at radius 2 is 1.89 bits per heavy atom. The minimum absolute atomic E-state index is 0.0281. The second kappa shape index (κ2) is 7.49. The van der Waals surface area contributed by atoms with Crippen LogP contribution in [0.2, 0.25) is 0 Å². The van der Waals surface area contributed by atoms with Crippen molar-refractivity contribution in [1.82, 2.24) is 14.7 Å². The van der Waals surface area contributed by atoms with Gasteiger partial charge in [0.1, 0.15) is 0 Å². The Morgan fingerprint density at radius 3 is 2.59 bits per heavy atom. The Kier molecular flexibility index (Phi) is 4.74. The summed E-state index contributed by atoms with van der Waals surface area (Å²) in [5.74, 6) is 0.0602. The number of likely N-dealkylation sites (tertiary alicyclic amines) is 1. The molecule has 1 saturated heterocycles. The summed E-state index contributed by atoms with van der Waals surface area (Å²) in [5.41, 5.74) is 1.54. The van der Waals surface area contributed by atoms with E-state index in [9.17, 15) is 9.59 Å². The number of aromatic nitrogens is 2. The molecule has 138 valence electrons. The first-order valence-corrected chi connectivity index (χ1v) is 8.95. The highest BCUT2D eigenvalue weighted by Gasteiger charge is 2.29.